The molecule has 7 heteroatoms. The number of hydrogen-bond acceptors (Lipinski definition) is 4. The van der Waals surface area contributed by atoms with Crippen molar-refractivity contribution in [2.24, 2.45) is 0 Å². The second kappa shape index (κ2) is 4.82. The van der Waals surface area contributed by atoms with Gasteiger partial charge in [-0.2, -0.15) is 10.2 Å². The van der Waals surface area contributed by atoms with E-state index in [-0.39, 0.29) is 5.56 Å². The van der Waals surface area contributed by atoms with Crippen LogP contribution in [0.15, 0.2) is 17.2 Å². The first-order chi connectivity index (χ1) is 8.59. The molecule has 0 unspecified atom stereocenters. The molecule has 0 saturated carbocycles. The van der Waals surface area contributed by atoms with Crippen LogP contribution in [0.25, 0.3) is 0 Å². The number of carbonyl (C=O) groups excluding carboxylic acids is 1. The summed E-state index contributed by atoms with van der Waals surface area (Å²) in [5.41, 5.74) is 1.67. The fourth-order valence-corrected chi connectivity index (χ4v) is 1.54. The number of nitrogens with zero attached hydrogens (tertiary/aromatic N) is 2. The SMILES string of the molecule is Cc1n[nH]c(=O)c(C(=O)NCc2cn[nH]c2)c1C. The summed E-state index contributed by atoms with van der Waals surface area (Å²) in [4.78, 5) is 23.5. The summed E-state index contributed by atoms with van der Waals surface area (Å²) in [6.45, 7) is 3.75. The minimum atomic E-state index is -0.484. The van der Waals surface area contributed by atoms with E-state index < -0.39 is 11.5 Å². The van der Waals surface area contributed by atoms with E-state index in [1.165, 1.54) is 0 Å². The lowest BCUT2D eigenvalue weighted by molar-refractivity contribution is 0.0948. The first kappa shape index (κ1) is 12.0. The van der Waals surface area contributed by atoms with Crippen LogP contribution in [0.4, 0.5) is 0 Å². The van der Waals surface area contributed by atoms with Gasteiger partial charge in [-0.15, -0.1) is 0 Å². The van der Waals surface area contributed by atoms with Gasteiger partial charge >= 0.3 is 0 Å². The molecular formula is C11H13N5O2. The van der Waals surface area contributed by atoms with Crippen molar-refractivity contribution in [1.82, 2.24) is 25.7 Å². The Morgan fingerprint density at radius 1 is 1.44 bits per heavy atom. The van der Waals surface area contributed by atoms with E-state index in [2.05, 4.69) is 25.7 Å². The number of carbonyl (C=O) groups is 1. The van der Waals surface area contributed by atoms with Gasteiger partial charge in [0.25, 0.3) is 11.5 Å². The van der Waals surface area contributed by atoms with Gasteiger partial charge in [-0.25, -0.2) is 5.10 Å². The molecule has 3 N–H and O–H groups in total. The van der Waals surface area contributed by atoms with Gasteiger partial charge in [-0.05, 0) is 19.4 Å². The summed E-state index contributed by atoms with van der Waals surface area (Å²) in [5, 5.41) is 15.2. The predicted octanol–water partition coefficient (Wildman–Crippen LogP) is 0.0398. The molecule has 1 amide bonds. The van der Waals surface area contributed by atoms with Gasteiger partial charge in [-0.3, -0.25) is 14.7 Å². The zero-order valence-electron chi connectivity index (χ0n) is 10.1. The number of aromatic amines is 2. The molecule has 0 aliphatic rings. The van der Waals surface area contributed by atoms with Crippen LogP contribution in [0, 0.1) is 13.8 Å². The van der Waals surface area contributed by atoms with Crippen molar-refractivity contribution in [3.8, 4) is 0 Å². The maximum absolute atomic E-state index is 11.9. The standard InChI is InChI=1S/C11H13N5O2/c1-6-7(2)15-16-11(18)9(6)10(17)12-3-8-4-13-14-5-8/h4-5H,3H2,1-2H3,(H,12,17)(H,13,14)(H,16,18). The highest BCUT2D eigenvalue weighted by atomic mass is 16.2. The number of H-pyrrole nitrogens is 2. The van der Waals surface area contributed by atoms with Crippen molar-refractivity contribution in [1.29, 1.82) is 0 Å². The number of hydrogen-bond donors (Lipinski definition) is 3. The van der Waals surface area contributed by atoms with Crippen LogP contribution in [0.1, 0.15) is 27.2 Å². The predicted molar refractivity (Wildman–Crippen MR) is 64.1 cm³/mol. The largest absolute Gasteiger partial charge is 0.348 e. The molecule has 0 spiro atoms. The summed E-state index contributed by atoms with van der Waals surface area (Å²) in [5.74, 6) is -0.416. The van der Waals surface area contributed by atoms with E-state index >= 15 is 0 Å². The Morgan fingerprint density at radius 3 is 2.89 bits per heavy atom. The second-order valence-electron chi connectivity index (χ2n) is 3.93. The van der Waals surface area contributed by atoms with Gasteiger partial charge in [0.1, 0.15) is 5.56 Å². The van der Waals surface area contributed by atoms with Crippen LogP contribution in [0.3, 0.4) is 0 Å². The van der Waals surface area contributed by atoms with Crippen LogP contribution in [-0.4, -0.2) is 26.3 Å². The van der Waals surface area contributed by atoms with E-state index in [1.807, 2.05) is 0 Å². The van der Waals surface area contributed by atoms with Crippen LogP contribution in [-0.2, 0) is 6.54 Å². The van der Waals surface area contributed by atoms with Crippen LogP contribution in [0.5, 0.6) is 0 Å². The third-order valence-electron chi connectivity index (χ3n) is 2.70. The van der Waals surface area contributed by atoms with Crippen molar-refractivity contribution in [2.45, 2.75) is 20.4 Å². The molecule has 0 saturated heterocycles. The molecule has 7 nitrogen and oxygen atoms in total. The lowest BCUT2D eigenvalue weighted by atomic mass is 10.1. The Bertz CT molecular complexity index is 615. The summed E-state index contributed by atoms with van der Waals surface area (Å²) in [7, 11) is 0. The molecule has 0 atom stereocenters. The molecule has 0 fully saturated rings. The van der Waals surface area contributed by atoms with Crippen LogP contribution in [0.2, 0.25) is 0 Å². The van der Waals surface area contributed by atoms with E-state index in [9.17, 15) is 9.59 Å². The summed E-state index contributed by atoms with van der Waals surface area (Å²) in [6, 6.07) is 0. The number of rotatable bonds is 3. The zero-order chi connectivity index (χ0) is 13.1. The van der Waals surface area contributed by atoms with Crippen molar-refractivity contribution < 1.29 is 4.79 Å². The Labute approximate surface area is 103 Å². The molecule has 2 heterocycles. The molecule has 2 rings (SSSR count). The average Bonchev–Trinajstić information content (AvgIpc) is 2.85. The van der Waals surface area contributed by atoms with Gasteiger partial charge in [-0.1, -0.05) is 0 Å². The second-order valence-corrected chi connectivity index (χ2v) is 3.93. The summed E-state index contributed by atoms with van der Waals surface area (Å²) < 4.78 is 0. The Balaban J connectivity index is 2.19. The molecule has 2 aromatic heterocycles. The number of amides is 1. The molecule has 0 aliphatic heterocycles. The van der Waals surface area contributed by atoms with Crippen LogP contribution < -0.4 is 10.9 Å². The molecule has 2 aromatic rings. The number of aromatic nitrogens is 4. The van der Waals surface area contributed by atoms with Crippen molar-refractivity contribution >= 4 is 5.91 Å². The van der Waals surface area contributed by atoms with Gasteiger partial charge in [0.05, 0.1) is 11.9 Å². The third-order valence-corrected chi connectivity index (χ3v) is 2.70. The Morgan fingerprint density at radius 2 is 2.22 bits per heavy atom. The van der Waals surface area contributed by atoms with Crippen molar-refractivity contribution in [3.63, 3.8) is 0 Å². The highest BCUT2D eigenvalue weighted by Crippen LogP contribution is 2.05. The topological polar surface area (TPSA) is 104 Å². The smallest absolute Gasteiger partial charge is 0.277 e. The highest BCUT2D eigenvalue weighted by molar-refractivity contribution is 5.95. The minimum absolute atomic E-state index is 0.103. The molecule has 0 aliphatic carbocycles. The monoisotopic (exact) mass is 247 g/mol. The minimum Gasteiger partial charge on any atom is -0.348 e. The molecule has 18 heavy (non-hydrogen) atoms. The molecular weight excluding hydrogens is 234 g/mol. The van der Waals surface area contributed by atoms with E-state index in [0.717, 1.165) is 5.56 Å². The lowest BCUT2D eigenvalue weighted by Gasteiger charge is -2.06. The van der Waals surface area contributed by atoms with E-state index in [1.54, 1.807) is 26.2 Å². The zero-order valence-corrected chi connectivity index (χ0v) is 10.1. The third kappa shape index (κ3) is 2.29. The maximum Gasteiger partial charge on any atom is 0.277 e. The first-order valence-corrected chi connectivity index (χ1v) is 5.41. The Kier molecular flexibility index (Phi) is 3.22. The lowest BCUT2D eigenvalue weighted by Crippen LogP contribution is -2.31. The highest BCUT2D eigenvalue weighted by Gasteiger charge is 2.15. The number of aryl methyl sites for hydroxylation is 1. The van der Waals surface area contributed by atoms with E-state index in [0.29, 0.717) is 17.8 Å². The molecule has 0 bridgehead atoms. The summed E-state index contributed by atoms with van der Waals surface area (Å²) in [6.07, 6.45) is 3.28. The quantitative estimate of drug-likeness (QED) is 0.712. The molecule has 0 radical (unpaired) electrons. The fourth-order valence-electron chi connectivity index (χ4n) is 1.54. The van der Waals surface area contributed by atoms with E-state index in [4.69, 9.17) is 0 Å². The van der Waals surface area contributed by atoms with Crippen molar-refractivity contribution in [3.05, 3.63) is 45.1 Å². The van der Waals surface area contributed by atoms with Gasteiger partial charge < -0.3 is 5.32 Å². The normalized spacial score (nSPS) is 10.3. The Hall–Kier alpha value is -2.44. The van der Waals surface area contributed by atoms with Crippen molar-refractivity contribution in [2.75, 3.05) is 0 Å². The summed E-state index contributed by atoms with van der Waals surface area (Å²) >= 11 is 0. The van der Waals surface area contributed by atoms with Gasteiger partial charge in [0.2, 0.25) is 0 Å². The molecule has 0 aromatic carbocycles. The molecule has 94 valence electrons. The fraction of sp³-hybridized carbons (Fsp3) is 0.273. The average molecular weight is 247 g/mol. The first-order valence-electron chi connectivity index (χ1n) is 5.41. The number of nitrogens with one attached hydrogen (secondary N) is 3. The maximum atomic E-state index is 11.9. The van der Waals surface area contributed by atoms with Crippen LogP contribution >= 0.6 is 0 Å². The van der Waals surface area contributed by atoms with Gasteiger partial charge in [0, 0.05) is 18.3 Å². The van der Waals surface area contributed by atoms with Gasteiger partial charge in [0.15, 0.2) is 0 Å².